The molecule has 0 saturated carbocycles. The van der Waals surface area contributed by atoms with Gasteiger partial charge in [-0.25, -0.2) is 13.2 Å². The minimum Gasteiger partial charge on any atom is -0.381 e. The van der Waals surface area contributed by atoms with Gasteiger partial charge >= 0.3 is 0 Å². The van der Waals surface area contributed by atoms with E-state index in [2.05, 4.69) is 10.2 Å². The number of ether oxygens (including phenoxy) is 1. The number of rotatable bonds is 3. The lowest BCUT2D eigenvalue weighted by atomic mass is 9.85. The van der Waals surface area contributed by atoms with Gasteiger partial charge in [0, 0.05) is 51.0 Å². The average Bonchev–Trinajstić information content (AvgIpc) is 2.57. The molecule has 2 heterocycles. The van der Waals surface area contributed by atoms with E-state index in [1.807, 2.05) is 0 Å². The summed E-state index contributed by atoms with van der Waals surface area (Å²) in [5.74, 6) is -3.35. The molecular weight excluding hydrogens is 364 g/mol. The van der Waals surface area contributed by atoms with Crippen LogP contribution in [0.5, 0.6) is 0 Å². The highest BCUT2D eigenvalue weighted by Gasteiger charge is 2.34. The molecule has 1 aromatic rings. The third-order valence-corrected chi connectivity index (χ3v) is 4.64. The molecule has 0 unspecified atom stereocenters. The minimum absolute atomic E-state index is 0. The molecule has 24 heavy (non-hydrogen) atoms. The highest BCUT2D eigenvalue weighted by Crippen LogP contribution is 2.37. The maximum absolute atomic E-state index is 14.3. The zero-order valence-corrected chi connectivity index (χ0v) is 14.9. The van der Waals surface area contributed by atoms with Gasteiger partial charge in [0.1, 0.15) is 0 Å². The predicted molar refractivity (Wildman–Crippen MR) is 91.5 cm³/mol. The fourth-order valence-corrected chi connectivity index (χ4v) is 3.51. The molecule has 0 aromatic heterocycles. The van der Waals surface area contributed by atoms with E-state index in [1.165, 1.54) is 6.07 Å². The smallest absolute Gasteiger partial charge is 0.194 e. The lowest BCUT2D eigenvalue weighted by Crippen LogP contribution is -2.47. The molecule has 2 aliphatic rings. The highest BCUT2D eigenvalue weighted by molar-refractivity contribution is 5.85. The molecule has 1 aromatic carbocycles. The van der Waals surface area contributed by atoms with Crippen LogP contribution in [0.4, 0.5) is 13.2 Å². The Hall–Kier alpha value is -0.530. The zero-order chi connectivity index (χ0) is 15.5. The van der Waals surface area contributed by atoms with Gasteiger partial charge in [0.2, 0.25) is 0 Å². The second-order valence-electron chi connectivity index (χ2n) is 5.95. The number of hydrogen-bond acceptors (Lipinski definition) is 3. The number of hydrogen-bond donors (Lipinski definition) is 1. The van der Waals surface area contributed by atoms with Crippen LogP contribution in [0.25, 0.3) is 0 Å². The van der Waals surface area contributed by atoms with E-state index in [4.69, 9.17) is 4.74 Å². The molecule has 138 valence electrons. The summed E-state index contributed by atoms with van der Waals surface area (Å²) in [4.78, 5) is 2.18. The molecule has 2 fully saturated rings. The monoisotopic (exact) mass is 386 g/mol. The second kappa shape index (κ2) is 9.82. The molecule has 1 N–H and O–H groups in total. The Bertz CT molecular complexity index is 506. The van der Waals surface area contributed by atoms with Gasteiger partial charge in [0.15, 0.2) is 17.5 Å². The van der Waals surface area contributed by atoms with E-state index in [1.54, 1.807) is 0 Å². The van der Waals surface area contributed by atoms with Crippen LogP contribution in [0.3, 0.4) is 0 Å². The quantitative estimate of drug-likeness (QED) is 0.806. The molecule has 2 saturated heterocycles. The lowest BCUT2D eigenvalue weighted by molar-refractivity contribution is 0.0200. The zero-order valence-electron chi connectivity index (χ0n) is 13.3. The first-order chi connectivity index (χ1) is 10.7. The van der Waals surface area contributed by atoms with Gasteiger partial charge in [-0.1, -0.05) is 6.07 Å². The van der Waals surface area contributed by atoms with Crippen molar-refractivity contribution < 1.29 is 17.9 Å². The van der Waals surface area contributed by atoms with Crippen molar-refractivity contribution >= 4 is 24.8 Å². The van der Waals surface area contributed by atoms with Gasteiger partial charge in [-0.15, -0.1) is 24.8 Å². The molecule has 3 nitrogen and oxygen atoms in total. The van der Waals surface area contributed by atoms with Crippen molar-refractivity contribution in [2.75, 3.05) is 39.4 Å². The first-order valence-corrected chi connectivity index (χ1v) is 7.84. The highest BCUT2D eigenvalue weighted by atomic mass is 35.5. The van der Waals surface area contributed by atoms with Gasteiger partial charge < -0.3 is 10.1 Å². The number of halogens is 5. The van der Waals surface area contributed by atoms with E-state index in [-0.39, 0.29) is 42.3 Å². The molecule has 8 heteroatoms. The van der Waals surface area contributed by atoms with Crippen LogP contribution in [0.2, 0.25) is 0 Å². The van der Waals surface area contributed by atoms with E-state index < -0.39 is 17.5 Å². The molecule has 0 bridgehead atoms. The lowest BCUT2D eigenvalue weighted by Gasteiger charge is -2.41. The fraction of sp³-hybridized carbons (Fsp3) is 0.625. The summed E-state index contributed by atoms with van der Waals surface area (Å²) < 4.78 is 46.7. The molecule has 1 atom stereocenters. The molecule has 3 rings (SSSR count). The van der Waals surface area contributed by atoms with Crippen LogP contribution >= 0.6 is 24.8 Å². The van der Waals surface area contributed by atoms with Crippen LogP contribution in [-0.4, -0.2) is 44.3 Å². The van der Waals surface area contributed by atoms with Gasteiger partial charge in [-0.2, -0.15) is 0 Å². The van der Waals surface area contributed by atoms with Crippen molar-refractivity contribution in [1.82, 2.24) is 10.2 Å². The maximum Gasteiger partial charge on any atom is 0.194 e. The van der Waals surface area contributed by atoms with Crippen molar-refractivity contribution in [3.8, 4) is 0 Å². The predicted octanol–water partition coefficient (Wildman–Crippen LogP) is 3.32. The van der Waals surface area contributed by atoms with Crippen molar-refractivity contribution in [2.45, 2.75) is 18.9 Å². The largest absolute Gasteiger partial charge is 0.381 e. The fourth-order valence-electron chi connectivity index (χ4n) is 3.51. The Morgan fingerprint density at radius 2 is 1.62 bits per heavy atom. The van der Waals surface area contributed by atoms with Crippen LogP contribution in [0.1, 0.15) is 24.4 Å². The number of benzene rings is 1. The average molecular weight is 387 g/mol. The Labute approximate surface area is 152 Å². The standard InChI is InChI=1S/C16H21F3N2O.2ClH/c17-13-2-1-12(14(18)15(13)19)16(11-3-9-22-10-4-11)21-7-5-20-6-8-21;;/h1-2,11,16,20H,3-10H2;2*1H/t16-;;/m1../s1. The third-order valence-electron chi connectivity index (χ3n) is 4.64. The van der Waals surface area contributed by atoms with Gasteiger partial charge in [0.25, 0.3) is 0 Å². The van der Waals surface area contributed by atoms with Gasteiger partial charge in [0.05, 0.1) is 0 Å². The molecule has 0 radical (unpaired) electrons. The summed E-state index contributed by atoms with van der Waals surface area (Å²) in [6.07, 6.45) is 1.63. The third kappa shape index (κ3) is 4.55. The Kier molecular flexibility index (Phi) is 8.81. The number of nitrogens with zero attached hydrogens (tertiary/aromatic N) is 1. The summed E-state index contributed by atoms with van der Waals surface area (Å²) in [5.41, 5.74) is 0.271. The topological polar surface area (TPSA) is 24.5 Å². The normalized spacial score (nSPS) is 20.8. The van der Waals surface area contributed by atoms with Crippen LogP contribution in [-0.2, 0) is 4.74 Å². The SMILES string of the molecule is Cl.Cl.Fc1ccc([C@@H](C2CCOCC2)N2CCNCC2)c(F)c1F. The molecule has 0 aliphatic carbocycles. The minimum atomic E-state index is -1.37. The van der Waals surface area contributed by atoms with Gasteiger partial charge in [-0.05, 0) is 24.8 Å². The van der Waals surface area contributed by atoms with Crippen LogP contribution in [0.15, 0.2) is 12.1 Å². The molecule has 0 spiro atoms. The first kappa shape index (κ1) is 21.5. The molecular formula is C16H23Cl2F3N2O. The van der Waals surface area contributed by atoms with Crippen LogP contribution < -0.4 is 5.32 Å². The number of piperazine rings is 1. The number of nitrogens with one attached hydrogen (secondary N) is 1. The summed E-state index contributed by atoms with van der Waals surface area (Å²) in [7, 11) is 0. The van der Waals surface area contributed by atoms with E-state index >= 15 is 0 Å². The molecule has 0 amide bonds. The maximum atomic E-state index is 14.3. The summed E-state index contributed by atoms with van der Waals surface area (Å²) in [6, 6.07) is 2.21. The van der Waals surface area contributed by atoms with Gasteiger partial charge in [-0.3, -0.25) is 4.90 Å². The van der Waals surface area contributed by atoms with Crippen LogP contribution in [0, 0.1) is 23.4 Å². The van der Waals surface area contributed by atoms with E-state index in [9.17, 15) is 13.2 Å². The Balaban J connectivity index is 0.00000144. The summed E-state index contributed by atoms with van der Waals surface area (Å²) >= 11 is 0. The van der Waals surface area contributed by atoms with E-state index in [0.29, 0.717) is 13.2 Å². The van der Waals surface area contributed by atoms with Crippen molar-refractivity contribution in [2.24, 2.45) is 5.92 Å². The van der Waals surface area contributed by atoms with E-state index in [0.717, 1.165) is 45.1 Å². The van der Waals surface area contributed by atoms with Crippen molar-refractivity contribution in [3.05, 3.63) is 35.1 Å². The summed E-state index contributed by atoms with van der Waals surface area (Å²) in [6.45, 7) is 4.48. The molecule has 2 aliphatic heterocycles. The van der Waals surface area contributed by atoms with Crippen molar-refractivity contribution in [1.29, 1.82) is 0 Å². The Morgan fingerprint density at radius 1 is 1.00 bits per heavy atom. The van der Waals surface area contributed by atoms with Crippen molar-refractivity contribution in [3.63, 3.8) is 0 Å². The Morgan fingerprint density at radius 3 is 2.25 bits per heavy atom. The summed E-state index contributed by atoms with van der Waals surface area (Å²) in [5, 5.41) is 3.26. The second-order valence-corrected chi connectivity index (χ2v) is 5.95. The first-order valence-electron chi connectivity index (χ1n) is 7.84.